The van der Waals surface area contributed by atoms with Crippen LogP contribution >= 0.6 is 11.6 Å². The number of benzene rings is 1. The first-order chi connectivity index (χ1) is 12.6. The smallest absolute Gasteiger partial charge is 0.237 e. The summed E-state index contributed by atoms with van der Waals surface area (Å²) in [6.45, 7) is 6.41. The molecule has 0 bridgehead atoms. The summed E-state index contributed by atoms with van der Waals surface area (Å²) in [4.78, 5) is 17.1. The number of allylic oxidation sites excluding steroid dienone is 1. The van der Waals surface area contributed by atoms with Gasteiger partial charge in [-0.3, -0.25) is 9.69 Å². The number of nitrogens with zero attached hydrogens (tertiary/aromatic N) is 2. The fourth-order valence-electron chi connectivity index (χ4n) is 3.83. The minimum atomic E-state index is -0.0724. The van der Waals surface area contributed by atoms with Gasteiger partial charge >= 0.3 is 0 Å². The molecule has 4 nitrogen and oxygen atoms in total. The number of hydrogen-bond acceptors (Lipinski definition) is 3. The zero-order chi connectivity index (χ0) is 18.4. The van der Waals surface area contributed by atoms with Crippen molar-refractivity contribution in [2.75, 3.05) is 37.6 Å². The number of amides is 1. The number of carbonyl (C=O) groups is 1. The molecule has 1 atom stereocenters. The lowest BCUT2D eigenvalue weighted by Crippen LogP contribution is -2.54. The topological polar surface area (TPSA) is 35.6 Å². The van der Waals surface area contributed by atoms with E-state index < -0.39 is 0 Å². The van der Waals surface area contributed by atoms with Gasteiger partial charge in [0.15, 0.2) is 0 Å². The molecule has 1 saturated heterocycles. The standard InChI is InChI=1S/C21H30ClN3O/c1-17(21(26)23-11-10-18-6-3-2-4-7-18)24-12-14-25(15-13-24)20-9-5-8-19(22)16-20/h5-6,8-9,16-17H,2-4,7,10-15H2,1H3,(H,23,26)/t17-/m0/s1. The van der Waals surface area contributed by atoms with Crippen LogP contribution in [0.4, 0.5) is 5.69 Å². The first kappa shape index (κ1) is 19.2. The molecule has 0 spiro atoms. The van der Waals surface area contributed by atoms with Gasteiger partial charge in [-0.1, -0.05) is 29.3 Å². The van der Waals surface area contributed by atoms with Crippen molar-refractivity contribution >= 4 is 23.2 Å². The number of anilines is 1. The van der Waals surface area contributed by atoms with Crippen molar-refractivity contribution in [2.24, 2.45) is 0 Å². The first-order valence-electron chi connectivity index (χ1n) is 9.83. The van der Waals surface area contributed by atoms with Gasteiger partial charge in [0.2, 0.25) is 5.91 Å². The van der Waals surface area contributed by atoms with E-state index in [0.29, 0.717) is 0 Å². The van der Waals surface area contributed by atoms with Crippen LogP contribution in [0.5, 0.6) is 0 Å². The molecule has 1 fully saturated rings. The quantitative estimate of drug-likeness (QED) is 0.767. The van der Waals surface area contributed by atoms with Gasteiger partial charge in [-0.25, -0.2) is 0 Å². The Morgan fingerprint density at radius 2 is 2.04 bits per heavy atom. The van der Waals surface area contributed by atoms with E-state index in [2.05, 4.69) is 27.3 Å². The predicted octanol–water partition coefficient (Wildman–Crippen LogP) is 3.86. The fraction of sp³-hybridized carbons (Fsp3) is 0.571. The minimum Gasteiger partial charge on any atom is -0.369 e. The highest BCUT2D eigenvalue weighted by Crippen LogP contribution is 2.21. The molecule has 1 heterocycles. The van der Waals surface area contributed by atoms with E-state index in [1.54, 1.807) is 0 Å². The number of halogens is 1. The first-order valence-corrected chi connectivity index (χ1v) is 10.2. The van der Waals surface area contributed by atoms with Crippen molar-refractivity contribution in [3.05, 3.63) is 40.9 Å². The number of hydrogen-bond donors (Lipinski definition) is 1. The largest absolute Gasteiger partial charge is 0.369 e. The van der Waals surface area contributed by atoms with Gasteiger partial charge in [0.05, 0.1) is 6.04 Å². The molecule has 5 heteroatoms. The normalized spacial score (nSPS) is 19.8. The number of rotatable bonds is 6. The van der Waals surface area contributed by atoms with E-state index in [-0.39, 0.29) is 11.9 Å². The molecule has 1 amide bonds. The van der Waals surface area contributed by atoms with Crippen molar-refractivity contribution in [3.8, 4) is 0 Å². The van der Waals surface area contributed by atoms with Crippen molar-refractivity contribution in [2.45, 2.75) is 45.1 Å². The van der Waals surface area contributed by atoms with E-state index >= 15 is 0 Å². The van der Waals surface area contributed by atoms with Gasteiger partial charge in [-0.15, -0.1) is 0 Å². The maximum absolute atomic E-state index is 12.5. The Morgan fingerprint density at radius 3 is 2.73 bits per heavy atom. The molecule has 1 N–H and O–H groups in total. The van der Waals surface area contributed by atoms with Crippen molar-refractivity contribution < 1.29 is 4.79 Å². The summed E-state index contributed by atoms with van der Waals surface area (Å²) in [6, 6.07) is 7.92. The summed E-state index contributed by atoms with van der Waals surface area (Å²) in [7, 11) is 0. The molecular weight excluding hydrogens is 346 g/mol. The van der Waals surface area contributed by atoms with E-state index in [1.807, 2.05) is 25.1 Å². The molecular formula is C21H30ClN3O. The highest BCUT2D eigenvalue weighted by atomic mass is 35.5. The van der Waals surface area contributed by atoms with Gasteiger partial charge in [0.1, 0.15) is 0 Å². The average molecular weight is 376 g/mol. The molecule has 26 heavy (non-hydrogen) atoms. The van der Waals surface area contributed by atoms with Crippen LogP contribution in [0, 0.1) is 0 Å². The van der Waals surface area contributed by atoms with Crippen LogP contribution in [0.25, 0.3) is 0 Å². The average Bonchev–Trinajstić information content (AvgIpc) is 2.68. The monoisotopic (exact) mass is 375 g/mol. The highest BCUT2D eigenvalue weighted by molar-refractivity contribution is 6.30. The van der Waals surface area contributed by atoms with Crippen molar-refractivity contribution in [3.63, 3.8) is 0 Å². The lowest BCUT2D eigenvalue weighted by atomic mass is 9.97. The van der Waals surface area contributed by atoms with Crippen LogP contribution in [0.3, 0.4) is 0 Å². The maximum atomic E-state index is 12.5. The summed E-state index contributed by atoms with van der Waals surface area (Å²) < 4.78 is 0. The second-order valence-electron chi connectivity index (χ2n) is 7.33. The van der Waals surface area contributed by atoms with Crippen LogP contribution in [0.2, 0.25) is 5.02 Å². The minimum absolute atomic E-state index is 0.0724. The maximum Gasteiger partial charge on any atom is 0.237 e. The summed E-state index contributed by atoms with van der Waals surface area (Å²) in [5, 5.41) is 3.89. The molecule has 0 radical (unpaired) electrons. The van der Waals surface area contributed by atoms with E-state index in [4.69, 9.17) is 11.6 Å². The van der Waals surface area contributed by atoms with E-state index in [1.165, 1.54) is 31.3 Å². The third-order valence-electron chi connectivity index (χ3n) is 5.55. The van der Waals surface area contributed by atoms with Gasteiger partial charge in [0.25, 0.3) is 0 Å². The van der Waals surface area contributed by atoms with Crippen molar-refractivity contribution in [1.29, 1.82) is 0 Å². The lowest BCUT2D eigenvalue weighted by molar-refractivity contribution is -0.125. The SMILES string of the molecule is C[C@@H](C(=O)NCCC1=CCCCC1)N1CCN(c2cccc(Cl)c2)CC1. The number of carbonyl (C=O) groups excluding carboxylic acids is 1. The Kier molecular flexibility index (Phi) is 6.98. The van der Waals surface area contributed by atoms with Crippen LogP contribution in [0.1, 0.15) is 39.0 Å². The third kappa shape index (κ3) is 5.24. The molecule has 0 saturated carbocycles. The van der Waals surface area contributed by atoms with Gasteiger partial charge in [0, 0.05) is 43.4 Å². The second-order valence-corrected chi connectivity index (χ2v) is 7.76. The molecule has 1 aromatic carbocycles. The lowest BCUT2D eigenvalue weighted by Gasteiger charge is -2.38. The molecule has 1 aromatic rings. The van der Waals surface area contributed by atoms with Gasteiger partial charge in [-0.2, -0.15) is 0 Å². The summed E-state index contributed by atoms with van der Waals surface area (Å²) >= 11 is 6.10. The van der Waals surface area contributed by atoms with Crippen LogP contribution in [0.15, 0.2) is 35.9 Å². The van der Waals surface area contributed by atoms with Crippen LogP contribution in [-0.2, 0) is 4.79 Å². The van der Waals surface area contributed by atoms with Crippen LogP contribution in [-0.4, -0.2) is 49.6 Å². The molecule has 3 rings (SSSR count). The fourth-order valence-corrected chi connectivity index (χ4v) is 4.02. The second kappa shape index (κ2) is 9.43. The highest BCUT2D eigenvalue weighted by Gasteiger charge is 2.25. The van der Waals surface area contributed by atoms with E-state index in [0.717, 1.165) is 49.9 Å². The third-order valence-corrected chi connectivity index (χ3v) is 5.78. The Bertz CT molecular complexity index is 638. The Hall–Kier alpha value is -1.52. The zero-order valence-electron chi connectivity index (χ0n) is 15.7. The molecule has 2 aliphatic rings. The number of piperazine rings is 1. The molecule has 0 aromatic heterocycles. The predicted molar refractivity (Wildman–Crippen MR) is 109 cm³/mol. The summed E-state index contributed by atoms with van der Waals surface area (Å²) in [5.41, 5.74) is 2.68. The van der Waals surface area contributed by atoms with E-state index in [9.17, 15) is 4.79 Å². The molecule has 1 aliphatic heterocycles. The van der Waals surface area contributed by atoms with Gasteiger partial charge in [-0.05, 0) is 57.2 Å². The number of nitrogens with one attached hydrogen (secondary N) is 1. The Labute approximate surface area is 162 Å². The summed E-state index contributed by atoms with van der Waals surface area (Å²) in [5.74, 6) is 0.151. The van der Waals surface area contributed by atoms with Gasteiger partial charge < -0.3 is 10.2 Å². The van der Waals surface area contributed by atoms with Crippen molar-refractivity contribution in [1.82, 2.24) is 10.2 Å². The Balaban J connectivity index is 1.41. The molecule has 0 unspecified atom stereocenters. The molecule has 142 valence electrons. The summed E-state index contributed by atoms with van der Waals surface area (Å²) in [6.07, 6.45) is 8.38. The van der Waals surface area contributed by atoms with Crippen LogP contribution < -0.4 is 10.2 Å². The Morgan fingerprint density at radius 1 is 1.23 bits per heavy atom. The molecule has 1 aliphatic carbocycles. The zero-order valence-corrected chi connectivity index (χ0v) is 16.5.